The molecule has 1 unspecified atom stereocenters. The maximum Gasteiger partial charge on any atom is 0.419 e. The first-order valence-corrected chi connectivity index (χ1v) is 5.79. The summed E-state index contributed by atoms with van der Waals surface area (Å²) in [5.41, 5.74) is 11.6. The minimum absolute atomic E-state index is 0.0387. The molecule has 0 spiro atoms. The number of amides is 1. The van der Waals surface area contributed by atoms with E-state index in [1.807, 2.05) is 6.08 Å². The van der Waals surface area contributed by atoms with Gasteiger partial charge >= 0.3 is 6.09 Å². The van der Waals surface area contributed by atoms with E-state index in [9.17, 15) is 4.79 Å². The summed E-state index contributed by atoms with van der Waals surface area (Å²) in [5.74, 6) is 0. The molecule has 1 heterocycles. The highest BCUT2D eigenvalue weighted by Crippen LogP contribution is 2.30. The number of hydrogen-bond donors (Lipinski definition) is 2. The summed E-state index contributed by atoms with van der Waals surface area (Å²) in [4.78, 5) is 13.5. The fourth-order valence-electron chi connectivity index (χ4n) is 2.10. The second-order valence-corrected chi connectivity index (χ2v) is 5.41. The second-order valence-electron chi connectivity index (χ2n) is 5.41. The van der Waals surface area contributed by atoms with E-state index in [0.29, 0.717) is 6.54 Å². The zero-order valence-corrected chi connectivity index (χ0v) is 10.9. The van der Waals surface area contributed by atoms with Gasteiger partial charge in [0.2, 0.25) is 0 Å². The Labute approximate surface area is 106 Å². The third-order valence-electron chi connectivity index (χ3n) is 2.96. The lowest BCUT2D eigenvalue weighted by atomic mass is 9.82. The van der Waals surface area contributed by atoms with E-state index in [1.54, 1.807) is 5.01 Å². The second kappa shape index (κ2) is 5.75. The van der Waals surface area contributed by atoms with Gasteiger partial charge in [0.1, 0.15) is 0 Å². The lowest BCUT2D eigenvalue weighted by Gasteiger charge is -2.42. The molecular weight excluding hydrogens is 234 g/mol. The minimum Gasteiger partial charge on any atom is -0.464 e. The summed E-state index contributed by atoms with van der Waals surface area (Å²) < 4.78 is 0. The monoisotopic (exact) mass is 253 g/mol. The summed E-state index contributed by atoms with van der Waals surface area (Å²) in [5, 5.41) is 14.1. The Balaban J connectivity index is 2.83. The van der Waals surface area contributed by atoms with Gasteiger partial charge in [-0.15, -0.1) is 0 Å². The molecule has 18 heavy (non-hydrogen) atoms. The van der Waals surface area contributed by atoms with Gasteiger partial charge in [-0.1, -0.05) is 37.5 Å². The van der Waals surface area contributed by atoms with Gasteiger partial charge in [-0.05, 0) is 17.4 Å². The van der Waals surface area contributed by atoms with Crippen LogP contribution in [0.2, 0.25) is 0 Å². The molecule has 0 saturated carbocycles. The minimum atomic E-state index is -1.07. The first-order chi connectivity index (χ1) is 8.34. The van der Waals surface area contributed by atoms with Gasteiger partial charge in [-0.3, -0.25) is 5.43 Å². The smallest absolute Gasteiger partial charge is 0.419 e. The zero-order valence-electron chi connectivity index (χ0n) is 10.9. The number of hydrogen-bond acceptors (Lipinski definition) is 3. The highest BCUT2D eigenvalue weighted by atomic mass is 16.4. The van der Waals surface area contributed by atoms with Crippen LogP contribution in [0.25, 0.3) is 10.4 Å². The molecule has 7 heteroatoms. The lowest BCUT2D eigenvalue weighted by molar-refractivity contribution is 0.0527. The molecule has 0 aliphatic carbocycles. The first kappa shape index (κ1) is 14.3. The number of nitrogens with zero attached hydrogens (tertiary/aromatic N) is 4. The Morgan fingerprint density at radius 2 is 2.39 bits per heavy atom. The topological polar surface area (TPSA) is 101 Å². The van der Waals surface area contributed by atoms with Crippen LogP contribution in [0.1, 0.15) is 27.2 Å². The van der Waals surface area contributed by atoms with Crippen LogP contribution in [0.4, 0.5) is 4.79 Å². The van der Waals surface area contributed by atoms with E-state index >= 15 is 0 Å². The fraction of sp³-hybridized carbons (Fsp3) is 0.727. The number of rotatable bonds is 3. The van der Waals surface area contributed by atoms with Crippen molar-refractivity contribution in [3.8, 4) is 0 Å². The van der Waals surface area contributed by atoms with E-state index in [4.69, 9.17) is 10.6 Å². The van der Waals surface area contributed by atoms with Crippen LogP contribution in [0.3, 0.4) is 0 Å². The average Bonchev–Trinajstić information content (AvgIpc) is 2.24. The highest BCUT2D eigenvalue weighted by molar-refractivity contribution is 5.63. The highest BCUT2D eigenvalue weighted by Gasteiger charge is 2.33. The Bertz CT molecular complexity index is 393. The summed E-state index contributed by atoms with van der Waals surface area (Å²) in [6.07, 6.45) is 1.69. The van der Waals surface area contributed by atoms with Crippen LogP contribution in [0.5, 0.6) is 0 Å². The van der Waals surface area contributed by atoms with Crippen molar-refractivity contribution < 1.29 is 9.90 Å². The number of carboxylic acid groups (broad SMARTS) is 1. The molecule has 1 atom stereocenters. The van der Waals surface area contributed by atoms with E-state index in [0.717, 1.165) is 12.0 Å². The molecule has 7 nitrogen and oxygen atoms in total. The Kier molecular flexibility index (Phi) is 4.58. The summed E-state index contributed by atoms with van der Waals surface area (Å²) in [6.45, 7) is 6.94. The van der Waals surface area contributed by atoms with Gasteiger partial charge in [0.05, 0.1) is 0 Å². The van der Waals surface area contributed by atoms with Crippen molar-refractivity contribution in [1.29, 1.82) is 0 Å². The number of carbonyl (C=O) groups is 1. The maximum atomic E-state index is 10.8. The van der Waals surface area contributed by atoms with Crippen molar-refractivity contribution in [2.45, 2.75) is 33.2 Å². The first-order valence-electron chi connectivity index (χ1n) is 5.79. The number of hydrazine groups is 1. The average molecular weight is 253 g/mol. The number of nitrogens with one attached hydrogen (secondary N) is 1. The van der Waals surface area contributed by atoms with Crippen LogP contribution < -0.4 is 5.43 Å². The molecule has 2 N–H and O–H groups in total. The van der Waals surface area contributed by atoms with Gasteiger partial charge < -0.3 is 5.11 Å². The van der Waals surface area contributed by atoms with Crippen molar-refractivity contribution in [2.24, 2.45) is 10.5 Å². The van der Waals surface area contributed by atoms with Crippen molar-refractivity contribution in [3.05, 3.63) is 22.1 Å². The van der Waals surface area contributed by atoms with Crippen molar-refractivity contribution in [1.82, 2.24) is 10.4 Å². The standard InChI is InChI=1S/C11H19N5O2/c1-11(2,3)9-5-4-8(6-13-15-12)7-16(9)14-10(17)18/h4,9,14H,5-7H2,1-3H3,(H,17,18). The third-order valence-corrected chi connectivity index (χ3v) is 2.96. The van der Waals surface area contributed by atoms with E-state index in [2.05, 4.69) is 36.2 Å². The maximum absolute atomic E-state index is 10.8. The summed E-state index contributed by atoms with van der Waals surface area (Å²) in [6, 6.07) is 0.0865. The Morgan fingerprint density at radius 3 is 2.89 bits per heavy atom. The summed E-state index contributed by atoms with van der Waals surface area (Å²) in [7, 11) is 0. The van der Waals surface area contributed by atoms with Crippen LogP contribution in [-0.4, -0.2) is 35.3 Å². The molecule has 0 bridgehead atoms. The Morgan fingerprint density at radius 1 is 1.72 bits per heavy atom. The molecule has 1 rings (SSSR count). The van der Waals surface area contributed by atoms with Crippen LogP contribution in [0, 0.1) is 5.41 Å². The molecule has 0 aromatic heterocycles. The molecule has 1 amide bonds. The van der Waals surface area contributed by atoms with Crippen LogP contribution in [-0.2, 0) is 0 Å². The molecule has 1 aliphatic heterocycles. The van der Waals surface area contributed by atoms with Gasteiger partial charge in [0.25, 0.3) is 0 Å². The largest absolute Gasteiger partial charge is 0.464 e. The molecule has 0 fully saturated rings. The Hall–Kier alpha value is -1.72. The normalized spacial score (nSPS) is 20.8. The summed E-state index contributed by atoms with van der Waals surface area (Å²) >= 11 is 0. The molecule has 0 radical (unpaired) electrons. The molecular formula is C11H19N5O2. The van der Waals surface area contributed by atoms with Gasteiger partial charge in [-0.25, -0.2) is 9.80 Å². The van der Waals surface area contributed by atoms with Crippen LogP contribution >= 0.6 is 0 Å². The quantitative estimate of drug-likeness (QED) is 0.349. The van der Waals surface area contributed by atoms with Gasteiger partial charge in [0.15, 0.2) is 0 Å². The molecule has 0 aromatic carbocycles. The third kappa shape index (κ3) is 3.94. The van der Waals surface area contributed by atoms with Crippen LogP contribution in [0.15, 0.2) is 16.8 Å². The SMILES string of the molecule is CC(C)(C)C1CC=C(CN=[N+]=[N-])CN1NC(=O)O. The molecule has 0 aromatic rings. The molecule has 100 valence electrons. The van der Waals surface area contributed by atoms with E-state index in [-0.39, 0.29) is 18.0 Å². The van der Waals surface area contributed by atoms with Crippen molar-refractivity contribution in [2.75, 3.05) is 13.1 Å². The number of azide groups is 1. The zero-order chi connectivity index (χ0) is 13.8. The molecule has 0 saturated heterocycles. The van der Waals surface area contributed by atoms with Gasteiger partial charge in [0, 0.05) is 24.0 Å². The molecule has 1 aliphatic rings. The van der Waals surface area contributed by atoms with Crippen molar-refractivity contribution in [3.63, 3.8) is 0 Å². The lowest BCUT2D eigenvalue weighted by Crippen LogP contribution is -2.55. The predicted molar refractivity (Wildman–Crippen MR) is 67.8 cm³/mol. The van der Waals surface area contributed by atoms with Gasteiger partial charge in [-0.2, -0.15) is 0 Å². The van der Waals surface area contributed by atoms with E-state index in [1.165, 1.54) is 0 Å². The van der Waals surface area contributed by atoms with E-state index < -0.39 is 6.09 Å². The fourth-order valence-corrected chi connectivity index (χ4v) is 2.10. The van der Waals surface area contributed by atoms with Crippen molar-refractivity contribution >= 4 is 6.09 Å². The predicted octanol–water partition coefficient (Wildman–Crippen LogP) is 2.53.